The number of piperazine rings is 1. The number of aryl methyl sites for hydroxylation is 1. The van der Waals surface area contributed by atoms with Crippen LogP contribution in [0.5, 0.6) is 0 Å². The Balaban J connectivity index is 1.51. The Morgan fingerprint density at radius 1 is 1.48 bits per heavy atom. The van der Waals surface area contributed by atoms with Gasteiger partial charge in [0.15, 0.2) is 4.96 Å². The summed E-state index contributed by atoms with van der Waals surface area (Å²) in [6.45, 7) is 2.29. The molecule has 0 aliphatic carbocycles. The van der Waals surface area contributed by atoms with E-state index in [-0.39, 0.29) is 30.3 Å². The number of hydrogen-bond donors (Lipinski definition) is 2. The lowest BCUT2D eigenvalue weighted by Gasteiger charge is -2.28. The molecule has 23 heavy (non-hydrogen) atoms. The Bertz CT molecular complexity index is 802. The summed E-state index contributed by atoms with van der Waals surface area (Å²) in [6, 6.07) is -0.695. The zero-order valence-corrected chi connectivity index (χ0v) is 13.2. The molecular formula is C14H15N5O3S. The number of carbonyl (C=O) groups is 3. The normalized spacial score (nSPS) is 24.0. The lowest BCUT2D eigenvalue weighted by molar-refractivity contribution is -0.143. The fourth-order valence-electron chi connectivity index (χ4n) is 3.17. The molecule has 2 aromatic heterocycles. The van der Waals surface area contributed by atoms with E-state index in [0.717, 1.165) is 10.7 Å². The third-order valence-electron chi connectivity index (χ3n) is 4.24. The monoisotopic (exact) mass is 333 g/mol. The molecule has 2 fully saturated rings. The molecule has 2 N–H and O–H groups in total. The molecule has 4 heterocycles. The number of rotatable bonds is 2. The standard InChI is InChI=1S/C14H15N5O3S/c1-7-4-19-10(6-23-14(19)16-7)13(22)17-8-2-9-12(21)15-3-11(20)18(9)5-8/h4,6,8-9H,2-3,5H2,1H3,(H,15,21)(H,17,22)/t8-,9+/m1/s1. The number of hydrogen-bond acceptors (Lipinski definition) is 5. The van der Waals surface area contributed by atoms with E-state index in [1.165, 1.54) is 11.3 Å². The summed E-state index contributed by atoms with van der Waals surface area (Å²) < 4.78 is 1.76. The van der Waals surface area contributed by atoms with Crippen LogP contribution < -0.4 is 10.6 Å². The lowest BCUT2D eigenvalue weighted by atomic mass is 10.1. The Kier molecular flexibility index (Phi) is 3.12. The molecule has 2 atom stereocenters. The Morgan fingerprint density at radius 2 is 2.30 bits per heavy atom. The van der Waals surface area contributed by atoms with Gasteiger partial charge in [-0.05, 0) is 13.3 Å². The molecule has 2 saturated heterocycles. The average Bonchev–Trinajstić information content (AvgIpc) is 3.16. The molecule has 3 amide bonds. The highest BCUT2D eigenvalue weighted by molar-refractivity contribution is 7.15. The van der Waals surface area contributed by atoms with Crippen molar-refractivity contribution >= 4 is 34.0 Å². The van der Waals surface area contributed by atoms with Crippen LogP contribution in [0.25, 0.3) is 4.96 Å². The van der Waals surface area contributed by atoms with E-state index in [9.17, 15) is 14.4 Å². The maximum Gasteiger partial charge on any atom is 0.269 e. The van der Waals surface area contributed by atoms with Crippen molar-refractivity contribution in [3.05, 3.63) is 23.0 Å². The molecule has 0 radical (unpaired) electrons. The highest BCUT2D eigenvalue weighted by atomic mass is 32.1. The number of fused-ring (bicyclic) bond motifs is 2. The average molecular weight is 333 g/mol. The predicted molar refractivity (Wildman–Crippen MR) is 82.2 cm³/mol. The number of thiazole rings is 1. The molecule has 0 spiro atoms. The lowest BCUT2D eigenvalue weighted by Crippen LogP contribution is -2.55. The van der Waals surface area contributed by atoms with Gasteiger partial charge in [-0.25, -0.2) is 4.98 Å². The minimum absolute atomic E-state index is 0.0372. The fraction of sp³-hybridized carbons (Fsp3) is 0.429. The molecule has 0 bridgehead atoms. The Morgan fingerprint density at radius 3 is 3.09 bits per heavy atom. The maximum atomic E-state index is 12.5. The third kappa shape index (κ3) is 2.27. The van der Waals surface area contributed by atoms with Gasteiger partial charge in [-0.3, -0.25) is 18.8 Å². The largest absolute Gasteiger partial charge is 0.346 e. The van der Waals surface area contributed by atoms with E-state index in [4.69, 9.17) is 0 Å². The number of aromatic nitrogens is 2. The predicted octanol–water partition coefficient (Wildman–Crippen LogP) is -0.467. The summed E-state index contributed by atoms with van der Waals surface area (Å²) in [5.74, 6) is -0.467. The summed E-state index contributed by atoms with van der Waals surface area (Å²) in [5.41, 5.74) is 1.37. The SMILES string of the molecule is Cc1cn2c(C(=O)N[C@@H]3C[C@H]4C(=O)NCC(=O)N4C3)csc2n1. The molecule has 9 heteroatoms. The quantitative estimate of drug-likeness (QED) is 0.777. The summed E-state index contributed by atoms with van der Waals surface area (Å²) >= 11 is 1.40. The number of carbonyl (C=O) groups excluding carboxylic acids is 3. The highest BCUT2D eigenvalue weighted by Gasteiger charge is 2.42. The molecule has 0 unspecified atom stereocenters. The van der Waals surface area contributed by atoms with E-state index in [2.05, 4.69) is 15.6 Å². The van der Waals surface area contributed by atoms with Gasteiger partial charge in [0.25, 0.3) is 5.91 Å². The maximum absolute atomic E-state index is 12.5. The molecule has 120 valence electrons. The highest BCUT2D eigenvalue weighted by Crippen LogP contribution is 2.22. The van der Waals surface area contributed by atoms with Gasteiger partial charge in [-0.2, -0.15) is 0 Å². The summed E-state index contributed by atoms with van der Waals surface area (Å²) in [6.07, 6.45) is 2.26. The van der Waals surface area contributed by atoms with E-state index in [1.54, 1.807) is 14.7 Å². The van der Waals surface area contributed by atoms with Gasteiger partial charge in [-0.15, -0.1) is 11.3 Å². The summed E-state index contributed by atoms with van der Waals surface area (Å²) in [4.78, 5) is 42.8. The van der Waals surface area contributed by atoms with Gasteiger partial charge in [-0.1, -0.05) is 0 Å². The second-order valence-corrected chi connectivity index (χ2v) is 6.68. The van der Waals surface area contributed by atoms with Crippen molar-refractivity contribution in [3.8, 4) is 0 Å². The molecule has 0 saturated carbocycles. The van der Waals surface area contributed by atoms with E-state index < -0.39 is 6.04 Å². The van der Waals surface area contributed by atoms with E-state index in [1.807, 2.05) is 13.1 Å². The van der Waals surface area contributed by atoms with Crippen molar-refractivity contribution in [2.45, 2.75) is 25.4 Å². The van der Waals surface area contributed by atoms with Crippen molar-refractivity contribution in [2.24, 2.45) is 0 Å². The van der Waals surface area contributed by atoms with Crippen LogP contribution in [-0.4, -0.2) is 57.2 Å². The second kappa shape index (κ2) is 5.05. The first-order valence-electron chi connectivity index (χ1n) is 7.34. The van der Waals surface area contributed by atoms with E-state index in [0.29, 0.717) is 18.7 Å². The number of imidazole rings is 1. The van der Waals surface area contributed by atoms with Crippen LogP contribution in [0.15, 0.2) is 11.6 Å². The summed E-state index contributed by atoms with van der Waals surface area (Å²) in [7, 11) is 0. The van der Waals surface area contributed by atoms with Crippen molar-refractivity contribution in [2.75, 3.05) is 13.1 Å². The number of nitrogens with zero attached hydrogens (tertiary/aromatic N) is 3. The summed E-state index contributed by atoms with van der Waals surface area (Å²) in [5, 5.41) is 7.26. The molecule has 0 aromatic carbocycles. The zero-order chi connectivity index (χ0) is 16.1. The van der Waals surface area contributed by atoms with Gasteiger partial charge in [0.2, 0.25) is 11.8 Å². The van der Waals surface area contributed by atoms with Crippen molar-refractivity contribution in [1.29, 1.82) is 0 Å². The smallest absolute Gasteiger partial charge is 0.269 e. The molecule has 2 aliphatic heterocycles. The molecule has 4 rings (SSSR count). The van der Waals surface area contributed by atoms with Crippen molar-refractivity contribution in [1.82, 2.24) is 24.9 Å². The molecule has 2 aliphatic rings. The van der Waals surface area contributed by atoms with Crippen LogP contribution in [0.1, 0.15) is 22.6 Å². The first-order valence-corrected chi connectivity index (χ1v) is 8.22. The second-order valence-electron chi connectivity index (χ2n) is 5.84. The number of nitrogens with one attached hydrogen (secondary N) is 2. The minimum atomic E-state index is -0.473. The number of amides is 3. The molecular weight excluding hydrogens is 318 g/mol. The fourth-order valence-corrected chi connectivity index (χ4v) is 4.06. The van der Waals surface area contributed by atoms with Crippen LogP contribution in [0.4, 0.5) is 0 Å². The molecule has 8 nitrogen and oxygen atoms in total. The van der Waals surface area contributed by atoms with E-state index >= 15 is 0 Å². The van der Waals surface area contributed by atoms with Crippen LogP contribution in [0, 0.1) is 6.92 Å². The van der Waals surface area contributed by atoms with Crippen LogP contribution in [0.2, 0.25) is 0 Å². The molecule has 2 aromatic rings. The van der Waals surface area contributed by atoms with Crippen LogP contribution in [0.3, 0.4) is 0 Å². The van der Waals surface area contributed by atoms with Gasteiger partial charge in [0.1, 0.15) is 11.7 Å². The zero-order valence-electron chi connectivity index (χ0n) is 12.4. The van der Waals surface area contributed by atoms with Crippen LogP contribution in [-0.2, 0) is 9.59 Å². The third-order valence-corrected chi connectivity index (χ3v) is 5.08. The first-order chi connectivity index (χ1) is 11.0. The Hall–Kier alpha value is -2.42. The van der Waals surface area contributed by atoms with Gasteiger partial charge >= 0.3 is 0 Å². The first kappa shape index (κ1) is 14.2. The van der Waals surface area contributed by atoms with Crippen molar-refractivity contribution < 1.29 is 14.4 Å². The van der Waals surface area contributed by atoms with Crippen molar-refractivity contribution in [3.63, 3.8) is 0 Å². The minimum Gasteiger partial charge on any atom is -0.346 e. The topological polar surface area (TPSA) is 95.8 Å². The van der Waals surface area contributed by atoms with Gasteiger partial charge in [0.05, 0.1) is 12.2 Å². The van der Waals surface area contributed by atoms with Gasteiger partial charge in [0, 0.05) is 24.2 Å². The van der Waals surface area contributed by atoms with Gasteiger partial charge < -0.3 is 15.5 Å². The Labute approximate surface area is 135 Å². The van der Waals surface area contributed by atoms with Crippen LogP contribution >= 0.6 is 11.3 Å².